The minimum atomic E-state index is 0.0431. The summed E-state index contributed by atoms with van der Waals surface area (Å²) < 4.78 is 5.58. The molecule has 2 unspecified atom stereocenters. The van der Waals surface area contributed by atoms with Gasteiger partial charge in [0.25, 0.3) is 0 Å². The second kappa shape index (κ2) is 6.62. The van der Waals surface area contributed by atoms with E-state index in [1.807, 2.05) is 0 Å². The molecule has 0 saturated heterocycles. The quantitative estimate of drug-likeness (QED) is 0.841. The van der Waals surface area contributed by atoms with Crippen LogP contribution in [0.15, 0.2) is 12.1 Å². The van der Waals surface area contributed by atoms with Crippen LogP contribution in [-0.2, 0) is 0 Å². The molecule has 114 valence electrons. The molecule has 0 aliphatic carbocycles. The smallest absolute Gasteiger partial charge is 0.126 e. The molecular formula is C18H31NO. The van der Waals surface area contributed by atoms with Crippen molar-refractivity contribution in [1.29, 1.82) is 0 Å². The molecule has 0 amide bonds. The molecule has 0 fully saturated rings. The zero-order chi connectivity index (χ0) is 15.5. The third-order valence-electron chi connectivity index (χ3n) is 3.93. The monoisotopic (exact) mass is 277 g/mol. The maximum absolute atomic E-state index is 6.43. The molecule has 1 aromatic rings. The summed E-state index contributed by atoms with van der Waals surface area (Å²) in [5.74, 6) is 1.57. The first kappa shape index (κ1) is 17.0. The van der Waals surface area contributed by atoms with Crippen molar-refractivity contribution in [2.75, 3.05) is 7.11 Å². The lowest BCUT2D eigenvalue weighted by Crippen LogP contribution is -2.19. The van der Waals surface area contributed by atoms with E-state index in [0.717, 1.165) is 17.7 Å². The predicted octanol–water partition coefficient (Wildman–Crippen LogP) is 4.77. The Balaban J connectivity index is 2.87. The lowest BCUT2D eigenvalue weighted by atomic mass is 9.82. The molecule has 0 spiro atoms. The minimum Gasteiger partial charge on any atom is -0.496 e. The number of ether oxygens (including phenoxy) is 1. The molecule has 0 saturated carbocycles. The maximum atomic E-state index is 6.43. The summed E-state index contributed by atoms with van der Waals surface area (Å²) >= 11 is 0. The Morgan fingerprint density at radius 3 is 2.30 bits per heavy atom. The molecule has 0 bridgehead atoms. The zero-order valence-corrected chi connectivity index (χ0v) is 14.2. The summed E-state index contributed by atoms with van der Waals surface area (Å²) in [6.45, 7) is 13.3. The molecule has 1 rings (SSSR count). The lowest BCUT2D eigenvalue weighted by molar-refractivity contribution is 0.284. The van der Waals surface area contributed by atoms with Crippen LogP contribution in [0.4, 0.5) is 0 Å². The largest absolute Gasteiger partial charge is 0.496 e. The predicted molar refractivity (Wildman–Crippen MR) is 87.2 cm³/mol. The van der Waals surface area contributed by atoms with Gasteiger partial charge in [-0.25, -0.2) is 0 Å². The third kappa shape index (κ3) is 4.52. The van der Waals surface area contributed by atoms with Gasteiger partial charge in [-0.15, -0.1) is 0 Å². The van der Waals surface area contributed by atoms with Crippen LogP contribution in [0.5, 0.6) is 5.75 Å². The third-order valence-corrected chi connectivity index (χ3v) is 3.93. The maximum Gasteiger partial charge on any atom is 0.126 e. The van der Waals surface area contributed by atoms with Gasteiger partial charge < -0.3 is 10.5 Å². The SMILES string of the molecule is COc1c(C(N)CC(C)CC(C)(C)C)ccc(C)c1C. The molecular weight excluding hydrogens is 246 g/mol. The molecule has 2 N–H and O–H groups in total. The summed E-state index contributed by atoms with van der Waals surface area (Å²) in [4.78, 5) is 0. The van der Waals surface area contributed by atoms with Crippen molar-refractivity contribution in [1.82, 2.24) is 0 Å². The van der Waals surface area contributed by atoms with E-state index in [1.165, 1.54) is 17.5 Å². The van der Waals surface area contributed by atoms with Gasteiger partial charge in [0.05, 0.1) is 7.11 Å². The van der Waals surface area contributed by atoms with Crippen LogP contribution >= 0.6 is 0 Å². The number of aryl methyl sites for hydroxylation is 1. The van der Waals surface area contributed by atoms with Crippen LogP contribution in [0.2, 0.25) is 0 Å². The molecule has 0 radical (unpaired) electrons. The summed E-state index contributed by atoms with van der Waals surface area (Å²) in [7, 11) is 1.73. The number of rotatable bonds is 5. The lowest BCUT2D eigenvalue weighted by Gasteiger charge is -2.26. The highest BCUT2D eigenvalue weighted by Gasteiger charge is 2.21. The molecule has 0 heterocycles. The van der Waals surface area contributed by atoms with E-state index >= 15 is 0 Å². The second-order valence-corrected chi connectivity index (χ2v) is 7.34. The van der Waals surface area contributed by atoms with Crippen LogP contribution in [0.25, 0.3) is 0 Å². The van der Waals surface area contributed by atoms with E-state index in [4.69, 9.17) is 10.5 Å². The van der Waals surface area contributed by atoms with Crippen molar-refractivity contribution in [3.8, 4) is 5.75 Å². The standard InChI is InChI=1S/C18H31NO/c1-12(11-18(4,5)6)10-16(19)15-9-8-13(2)14(3)17(15)20-7/h8-9,12,16H,10-11,19H2,1-7H3. The number of hydrogen-bond donors (Lipinski definition) is 1. The van der Waals surface area contributed by atoms with Gasteiger partial charge in [0.15, 0.2) is 0 Å². The number of benzene rings is 1. The Morgan fingerprint density at radius 1 is 1.20 bits per heavy atom. The molecule has 2 atom stereocenters. The molecule has 20 heavy (non-hydrogen) atoms. The molecule has 2 heteroatoms. The summed E-state index contributed by atoms with van der Waals surface area (Å²) in [6.07, 6.45) is 2.18. The Bertz CT molecular complexity index is 445. The van der Waals surface area contributed by atoms with E-state index in [2.05, 4.69) is 53.7 Å². The molecule has 0 aliphatic heterocycles. The van der Waals surface area contributed by atoms with E-state index in [-0.39, 0.29) is 6.04 Å². The van der Waals surface area contributed by atoms with Crippen molar-refractivity contribution in [2.24, 2.45) is 17.1 Å². The van der Waals surface area contributed by atoms with Crippen molar-refractivity contribution in [3.63, 3.8) is 0 Å². The van der Waals surface area contributed by atoms with E-state index in [0.29, 0.717) is 11.3 Å². The van der Waals surface area contributed by atoms with Gasteiger partial charge in [-0.1, -0.05) is 39.8 Å². The topological polar surface area (TPSA) is 35.2 Å². The average molecular weight is 277 g/mol. The van der Waals surface area contributed by atoms with Gasteiger partial charge in [-0.2, -0.15) is 0 Å². The van der Waals surface area contributed by atoms with Gasteiger partial charge in [0.2, 0.25) is 0 Å². The normalized spacial score (nSPS) is 15.0. The Morgan fingerprint density at radius 2 is 1.80 bits per heavy atom. The minimum absolute atomic E-state index is 0.0431. The first-order valence-corrected chi connectivity index (χ1v) is 7.55. The van der Waals surface area contributed by atoms with Gasteiger partial charge in [-0.05, 0) is 49.1 Å². The Hall–Kier alpha value is -1.02. The summed E-state index contributed by atoms with van der Waals surface area (Å²) in [6, 6.07) is 4.30. The van der Waals surface area contributed by atoms with Crippen molar-refractivity contribution >= 4 is 0 Å². The summed E-state index contributed by atoms with van der Waals surface area (Å²) in [5, 5.41) is 0. The zero-order valence-electron chi connectivity index (χ0n) is 14.2. The fourth-order valence-electron chi connectivity index (χ4n) is 3.06. The number of nitrogens with two attached hydrogens (primary N) is 1. The number of methoxy groups -OCH3 is 1. The van der Waals surface area contributed by atoms with Crippen LogP contribution in [0, 0.1) is 25.2 Å². The second-order valence-electron chi connectivity index (χ2n) is 7.34. The van der Waals surface area contributed by atoms with E-state index in [1.54, 1.807) is 7.11 Å². The van der Waals surface area contributed by atoms with Crippen molar-refractivity contribution in [2.45, 2.75) is 60.4 Å². The average Bonchev–Trinajstić information content (AvgIpc) is 2.29. The van der Waals surface area contributed by atoms with Gasteiger partial charge in [0.1, 0.15) is 5.75 Å². The Kier molecular flexibility index (Phi) is 5.64. The Labute approximate surface area is 124 Å². The molecule has 0 aromatic heterocycles. The molecule has 2 nitrogen and oxygen atoms in total. The first-order chi connectivity index (χ1) is 9.15. The van der Waals surface area contributed by atoms with Crippen LogP contribution in [-0.4, -0.2) is 7.11 Å². The van der Waals surface area contributed by atoms with Crippen molar-refractivity contribution in [3.05, 3.63) is 28.8 Å². The van der Waals surface area contributed by atoms with Crippen LogP contribution in [0.3, 0.4) is 0 Å². The highest BCUT2D eigenvalue weighted by atomic mass is 16.5. The molecule has 1 aromatic carbocycles. The van der Waals surface area contributed by atoms with Crippen LogP contribution in [0.1, 0.15) is 63.3 Å². The van der Waals surface area contributed by atoms with Gasteiger partial charge >= 0.3 is 0 Å². The number of hydrogen-bond acceptors (Lipinski definition) is 2. The summed E-state index contributed by atoms with van der Waals surface area (Å²) in [5.41, 5.74) is 10.4. The van der Waals surface area contributed by atoms with Gasteiger partial charge in [0, 0.05) is 11.6 Å². The molecule has 0 aliphatic rings. The highest BCUT2D eigenvalue weighted by Crippen LogP contribution is 2.35. The fraction of sp³-hybridized carbons (Fsp3) is 0.667. The fourth-order valence-corrected chi connectivity index (χ4v) is 3.06. The van der Waals surface area contributed by atoms with Gasteiger partial charge in [-0.3, -0.25) is 0 Å². The van der Waals surface area contributed by atoms with Crippen LogP contribution < -0.4 is 10.5 Å². The van der Waals surface area contributed by atoms with E-state index < -0.39 is 0 Å². The first-order valence-electron chi connectivity index (χ1n) is 7.55. The highest BCUT2D eigenvalue weighted by molar-refractivity contribution is 5.46. The van der Waals surface area contributed by atoms with Crippen molar-refractivity contribution < 1.29 is 4.74 Å². The van der Waals surface area contributed by atoms with E-state index in [9.17, 15) is 0 Å².